The molecule has 0 aromatic rings. The Morgan fingerprint density at radius 2 is 2.18 bits per heavy atom. The van der Waals surface area contributed by atoms with Crippen molar-refractivity contribution < 1.29 is 14.7 Å². The van der Waals surface area contributed by atoms with Gasteiger partial charge in [-0.3, -0.25) is 9.59 Å². The van der Waals surface area contributed by atoms with Crippen molar-refractivity contribution in [1.29, 1.82) is 0 Å². The summed E-state index contributed by atoms with van der Waals surface area (Å²) in [5.74, 6) is -1.13. The Hall–Kier alpha value is -1.10. The van der Waals surface area contributed by atoms with Gasteiger partial charge in [0.1, 0.15) is 0 Å². The normalized spacial score (nSPS) is 33.1. The first-order chi connectivity index (χ1) is 8.08. The Morgan fingerprint density at radius 3 is 2.76 bits per heavy atom. The molecule has 2 rings (SSSR count). The van der Waals surface area contributed by atoms with Gasteiger partial charge in [0.2, 0.25) is 5.91 Å². The predicted octanol–water partition coefficient (Wildman–Crippen LogP) is 0.165. The molecular weight excluding hydrogens is 220 g/mol. The van der Waals surface area contributed by atoms with Gasteiger partial charge < -0.3 is 15.3 Å². The summed E-state index contributed by atoms with van der Waals surface area (Å²) < 4.78 is 0. The lowest BCUT2D eigenvalue weighted by Gasteiger charge is -2.29. The van der Waals surface area contributed by atoms with E-state index in [4.69, 9.17) is 5.11 Å². The third kappa shape index (κ3) is 3.19. The van der Waals surface area contributed by atoms with Crippen LogP contribution in [-0.4, -0.2) is 48.6 Å². The Morgan fingerprint density at radius 1 is 1.41 bits per heavy atom. The van der Waals surface area contributed by atoms with E-state index in [9.17, 15) is 9.59 Å². The number of nitrogens with zero attached hydrogens (tertiary/aromatic N) is 1. The maximum absolute atomic E-state index is 11.7. The van der Waals surface area contributed by atoms with Crippen molar-refractivity contribution in [3.8, 4) is 0 Å². The average molecular weight is 240 g/mol. The Bertz CT molecular complexity index is 319. The van der Waals surface area contributed by atoms with Crippen LogP contribution in [0.15, 0.2) is 0 Å². The summed E-state index contributed by atoms with van der Waals surface area (Å²) >= 11 is 0. The largest absolute Gasteiger partial charge is 0.481 e. The number of likely N-dealkylation sites (tertiary alicyclic amines) is 1. The lowest BCUT2D eigenvalue weighted by atomic mass is 9.98. The Kier molecular flexibility index (Phi) is 3.66. The highest BCUT2D eigenvalue weighted by molar-refractivity contribution is 5.89. The van der Waals surface area contributed by atoms with Crippen LogP contribution in [-0.2, 0) is 9.59 Å². The van der Waals surface area contributed by atoms with Crippen LogP contribution < -0.4 is 5.32 Å². The van der Waals surface area contributed by atoms with Crippen LogP contribution in [0.3, 0.4) is 0 Å². The summed E-state index contributed by atoms with van der Waals surface area (Å²) in [5, 5.41) is 11.6. The van der Waals surface area contributed by atoms with Crippen molar-refractivity contribution in [2.45, 2.75) is 19.3 Å². The van der Waals surface area contributed by atoms with Crippen LogP contribution in [0.25, 0.3) is 0 Å². The standard InChI is InChI=1S/C12H20N2O3/c1-14-4-2-3-8(7-14)6-13-11(15)9-5-10(9)12(16)17/h8-10H,2-7H2,1H3,(H,13,15)(H,16,17)/t8?,9-,10+/m1/s1. The highest BCUT2D eigenvalue weighted by Gasteiger charge is 2.48. The van der Waals surface area contributed by atoms with Gasteiger partial charge in [-0.25, -0.2) is 0 Å². The first kappa shape index (κ1) is 12.4. The van der Waals surface area contributed by atoms with E-state index in [0.29, 0.717) is 18.9 Å². The van der Waals surface area contributed by atoms with Crippen LogP contribution in [0.1, 0.15) is 19.3 Å². The van der Waals surface area contributed by atoms with Gasteiger partial charge in [0, 0.05) is 13.1 Å². The van der Waals surface area contributed by atoms with E-state index in [1.54, 1.807) is 0 Å². The number of carboxylic acids is 1. The summed E-state index contributed by atoms with van der Waals surface area (Å²) in [6.45, 7) is 2.84. The molecule has 96 valence electrons. The molecule has 0 radical (unpaired) electrons. The monoisotopic (exact) mass is 240 g/mol. The first-order valence-electron chi connectivity index (χ1n) is 6.27. The van der Waals surface area contributed by atoms with Crippen LogP contribution in [0.5, 0.6) is 0 Å². The second kappa shape index (κ2) is 5.04. The van der Waals surface area contributed by atoms with Gasteiger partial charge in [-0.1, -0.05) is 0 Å². The van der Waals surface area contributed by atoms with E-state index in [0.717, 1.165) is 19.5 Å². The minimum Gasteiger partial charge on any atom is -0.481 e. The smallest absolute Gasteiger partial charge is 0.307 e. The van der Waals surface area contributed by atoms with Crippen LogP contribution >= 0.6 is 0 Å². The number of carbonyl (C=O) groups excluding carboxylic acids is 1. The number of piperidine rings is 1. The van der Waals surface area contributed by atoms with Gasteiger partial charge >= 0.3 is 5.97 Å². The summed E-state index contributed by atoms with van der Waals surface area (Å²) in [6.07, 6.45) is 2.83. The Balaban J connectivity index is 1.68. The molecule has 3 atom stereocenters. The zero-order valence-electron chi connectivity index (χ0n) is 10.2. The Labute approximate surface area is 101 Å². The molecular formula is C12H20N2O3. The fourth-order valence-corrected chi connectivity index (χ4v) is 2.57. The SMILES string of the molecule is CN1CCCC(CNC(=O)[C@@H]2C[C@@H]2C(=O)O)C1. The molecule has 0 aromatic carbocycles. The van der Waals surface area contributed by atoms with Crippen molar-refractivity contribution in [3.05, 3.63) is 0 Å². The molecule has 1 saturated heterocycles. The minimum absolute atomic E-state index is 0.0781. The second-order valence-corrected chi connectivity index (χ2v) is 5.30. The number of hydrogen-bond donors (Lipinski definition) is 2. The topological polar surface area (TPSA) is 69.6 Å². The third-order valence-corrected chi connectivity index (χ3v) is 3.73. The lowest BCUT2D eigenvalue weighted by Crippen LogP contribution is -2.39. The van der Waals surface area contributed by atoms with Crippen molar-refractivity contribution in [3.63, 3.8) is 0 Å². The van der Waals surface area contributed by atoms with E-state index in [-0.39, 0.29) is 11.8 Å². The highest BCUT2D eigenvalue weighted by atomic mass is 16.4. The van der Waals surface area contributed by atoms with E-state index in [1.807, 2.05) is 0 Å². The quantitative estimate of drug-likeness (QED) is 0.734. The van der Waals surface area contributed by atoms with Crippen molar-refractivity contribution in [2.24, 2.45) is 17.8 Å². The van der Waals surface area contributed by atoms with Crippen molar-refractivity contribution in [1.82, 2.24) is 10.2 Å². The summed E-state index contributed by atoms with van der Waals surface area (Å²) in [7, 11) is 2.09. The molecule has 2 fully saturated rings. The van der Waals surface area contributed by atoms with Gasteiger partial charge in [-0.2, -0.15) is 0 Å². The summed E-state index contributed by atoms with van der Waals surface area (Å²) in [5.41, 5.74) is 0. The summed E-state index contributed by atoms with van der Waals surface area (Å²) in [6, 6.07) is 0. The van der Waals surface area contributed by atoms with E-state index in [2.05, 4.69) is 17.3 Å². The number of hydrogen-bond acceptors (Lipinski definition) is 3. The van der Waals surface area contributed by atoms with Gasteiger partial charge in [0.15, 0.2) is 0 Å². The molecule has 1 aliphatic heterocycles. The van der Waals surface area contributed by atoms with E-state index < -0.39 is 11.9 Å². The van der Waals surface area contributed by atoms with Gasteiger partial charge in [-0.05, 0) is 38.8 Å². The zero-order chi connectivity index (χ0) is 12.4. The summed E-state index contributed by atoms with van der Waals surface area (Å²) in [4.78, 5) is 24.6. The van der Waals surface area contributed by atoms with Crippen LogP contribution in [0, 0.1) is 17.8 Å². The third-order valence-electron chi connectivity index (χ3n) is 3.73. The molecule has 1 heterocycles. The fraction of sp³-hybridized carbons (Fsp3) is 0.833. The second-order valence-electron chi connectivity index (χ2n) is 5.30. The number of carboxylic acid groups (broad SMARTS) is 1. The van der Waals surface area contributed by atoms with Crippen LogP contribution in [0.4, 0.5) is 0 Å². The number of amides is 1. The number of rotatable bonds is 4. The number of aliphatic carboxylic acids is 1. The lowest BCUT2D eigenvalue weighted by molar-refractivity contribution is -0.140. The first-order valence-corrected chi connectivity index (χ1v) is 6.27. The van der Waals surface area contributed by atoms with Crippen molar-refractivity contribution in [2.75, 3.05) is 26.7 Å². The van der Waals surface area contributed by atoms with Gasteiger partial charge in [0.05, 0.1) is 11.8 Å². The number of carbonyl (C=O) groups is 2. The molecule has 1 aliphatic carbocycles. The highest BCUT2D eigenvalue weighted by Crippen LogP contribution is 2.38. The molecule has 0 bridgehead atoms. The number of nitrogens with one attached hydrogen (secondary N) is 1. The van der Waals surface area contributed by atoms with Crippen molar-refractivity contribution >= 4 is 11.9 Å². The van der Waals surface area contributed by atoms with E-state index in [1.165, 1.54) is 6.42 Å². The minimum atomic E-state index is -0.845. The molecule has 5 nitrogen and oxygen atoms in total. The maximum atomic E-state index is 11.7. The van der Waals surface area contributed by atoms with Crippen LogP contribution in [0.2, 0.25) is 0 Å². The maximum Gasteiger partial charge on any atom is 0.307 e. The van der Waals surface area contributed by atoms with Gasteiger partial charge in [-0.15, -0.1) is 0 Å². The zero-order valence-corrected chi connectivity index (χ0v) is 10.2. The predicted molar refractivity (Wildman–Crippen MR) is 62.5 cm³/mol. The molecule has 2 N–H and O–H groups in total. The average Bonchev–Trinajstić information content (AvgIpc) is 3.06. The molecule has 17 heavy (non-hydrogen) atoms. The van der Waals surface area contributed by atoms with Gasteiger partial charge in [0.25, 0.3) is 0 Å². The molecule has 1 amide bonds. The molecule has 2 aliphatic rings. The molecule has 5 heteroatoms. The van der Waals surface area contributed by atoms with E-state index >= 15 is 0 Å². The molecule has 0 spiro atoms. The molecule has 1 saturated carbocycles. The fourth-order valence-electron chi connectivity index (χ4n) is 2.57. The molecule has 0 aromatic heterocycles. The molecule has 1 unspecified atom stereocenters.